The first kappa shape index (κ1) is 12.9. The fourth-order valence-corrected chi connectivity index (χ4v) is 1.39. The van der Waals surface area contributed by atoms with E-state index >= 15 is 0 Å². The highest BCUT2D eigenvalue weighted by molar-refractivity contribution is 9.10. The van der Waals surface area contributed by atoms with Crippen LogP contribution in [0, 0.1) is 0 Å². The quantitative estimate of drug-likeness (QED) is 0.796. The van der Waals surface area contributed by atoms with E-state index in [2.05, 4.69) is 25.7 Å². The van der Waals surface area contributed by atoms with Crippen molar-refractivity contribution in [3.05, 3.63) is 34.7 Å². The molecule has 4 nitrogen and oxygen atoms in total. The molecule has 0 radical (unpaired) electrons. The second-order valence-electron chi connectivity index (χ2n) is 2.95. The summed E-state index contributed by atoms with van der Waals surface area (Å²) in [5, 5.41) is 0. The summed E-state index contributed by atoms with van der Waals surface area (Å²) in [4.78, 5) is 14.5. The first-order valence-electron chi connectivity index (χ1n) is 4.79. The van der Waals surface area contributed by atoms with Crippen molar-refractivity contribution in [2.75, 3.05) is 13.7 Å². The summed E-state index contributed by atoms with van der Waals surface area (Å²) >= 11 is 3.32. The third-order valence-electron chi connectivity index (χ3n) is 1.91. The molecule has 2 aromatic heterocycles. The van der Waals surface area contributed by atoms with Crippen molar-refractivity contribution in [2.24, 2.45) is 0 Å². The van der Waals surface area contributed by atoms with Gasteiger partial charge in [-0.2, -0.15) is 0 Å². The van der Waals surface area contributed by atoms with Crippen molar-refractivity contribution < 1.29 is 9.53 Å². The van der Waals surface area contributed by atoms with Gasteiger partial charge in [-0.1, -0.05) is 15.9 Å². The molecule has 0 N–H and O–H groups in total. The number of nitrogens with zero attached hydrogens (tertiary/aromatic N) is 2. The van der Waals surface area contributed by atoms with E-state index in [-0.39, 0.29) is 0 Å². The molecular formula is C11H13BrN2O2. The lowest BCUT2D eigenvalue weighted by molar-refractivity contribution is 0.111. The Bertz CT molecular complexity index is 466. The number of rotatable bonds is 2. The van der Waals surface area contributed by atoms with Crippen LogP contribution in [-0.4, -0.2) is 29.4 Å². The second kappa shape index (κ2) is 6.40. The zero-order valence-electron chi connectivity index (χ0n) is 9.18. The van der Waals surface area contributed by atoms with Crippen molar-refractivity contribution in [1.82, 2.24) is 9.38 Å². The van der Waals surface area contributed by atoms with Crippen LogP contribution in [-0.2, 0) is 4.74 Å². The first-order chi connectivity index (χ1) is 7.72. The zero-order chi connectivity index (χ0) is 12.0. The number of carbonyl (C=O) groups excluding carboxylic acids is 1. The molecule has 2 rings (SSSR count). The van der Waals surface area contributed by atoms with E-state index in [9.17, 15) is 4.79 Å². The predicted octanol–water partition coefficient (Wildman–Crippen LogP) is 2.56. The van der Waals surface area contributed by atoms with Crippen LogP contribution in [0.25, 0.3) is 5.65 Å². The highest BCUT2D eigenvalue weighted by Gasteiger charge is 2.00. The number of methoxy groups -OCH3 is 1. The number of hydrogen-bond donors (Lipinski definition) is 0. The van der Waals surface area contributed by atoms with Crippen LogP contribution in [0.15, 0.2) is 29.0 Å². The molecule has 86 valence electrons. The van der Waals surface area contributed by atoms with Gasteiger partial charge in [0.15, 0.2) is 6.29 Å². The molecule has 0 aliphatic rings. The van der Waals surface area contributed by atoms with Gasteiger partial charge in [-0.05, 0) is 19.1 Å². The summed E-state index contributed by atoms with van der Waals surface area (Å²) < 4.78 is 7.23. The van der Waals surface area contributed by atoms with Crippen molar-refractivity contribution >= 4 is 27.9 Å². The zero-order valence-corrected chi connectivity index (χ0v) is 10.8. The normalized spacial score (nSPS) is 9.69. The third kappa shape index (κ3) is 3.15. The fraction of sp³-hybridized carbons (Fsp3) is 0.273. The number of imidazole rings is 1. The summed E-state index contributed by atoms with van der Waals surface area (Å²) in [6.45, 7) is 2.78. The molecule has 5 heteroatoms. The Morgan fingerprint density at radius 3 is 2.88 bits per heavy atom. The standard InChI is InChI=1S/C8H5BrN2O.C3H8O/c9-6-1-2-11-7(5-12)4-10-8(11)3-6;1-3-4-2/h1-5H;3H2,1-2H3. The van der Waals surface area contributed by atoms with Crippen molar-refractivity contribution in [2.45, 2.75) is 6.92 Å². The summed E-state index contributed by atoms with van der Waals surface area (Å²) in [6.07, 6.45) is 4.14. The maximum Gasteiger partial charge on any atom is 0.168 e. The maximum absolute atomic E-state index is 10.5. The molecule has 0 aromatic carbocycles. The third-order valence-corrected chi connectivity index (χ3v) is 2.41. The predicted molar refractivity (Wildman–Crippen MR) is 65.8 cm³/mol. The van der Waals surface area contributed by atoms with Gasteiger partial charge in [0.05, 0.1) is 6.20 Å². The number of fused-ring (bicyclic) bond motifs is 1. The van der Waals surface area contributed by atoms with Gasteiger partial charge in [-0.15, -0.1) is 0 Å². The van der Waals surface area contributed by atoms with E-state index in [1.165, 1.54) is 0 Å². The molecule has 0 atom stereocenters. The molecule has 0 saturated heterocycles. The Labute approximate surface area is 102 Å². The number of carbonyl (C=O) groups is 1. The molecule has 0 aliphatic heterocycles. The molecule has 2 aromatic rings. The van der Waals surface area contributed by atoms with Gasteiger partial charge in [0.25, 0.3) is 0 Å². The van der Waals surface area contributed by atoms with E-state index in [1.54, 1.807) is 23.9 Å². The number of hydrogen-bond acceptors (Lipinski definition) is 3. The summed E-state index contributed by atoms with van der Waals surface area (Å²) in [6, 6.07) is 3.72. The second-order valence-corrected chi connectivity index (χ2v) is 3.87. The molecule has 2 heterocycles. The van der Waals surface area contributed by atoms with E-state index in [0.29, 0.717) is 5.69 Å². The minimum Gasteiger partial charge on any atom is -0.385 e. The molecule has 0 bridgehead atoms. The summed E-state index contributed by atoms with van der Waals surface area (Å²) in [5.41, 5.74) is 1.34. The van der Waals surface area contributed by atoms with Crippen LogP contribution < -0.4 is 0 Å². The van der Waals surface area contributed by atoms with Crippen LogP contribution in [0.3, 0.4) is 0 Å². The van der Waals surface area contributed by atoms with Crippen molar-refractivity contribution in [3.8, 4) is 0 Å². The Morgan fingerprint density at radius 2 is 2.31 bits per heavy atom. The monoisotopic (exact) mass is 284 g/mol. The van der Waals surface area contributed by atoms with Crippen molar-refractivity contribution in [1.29, 1.82) is 0 Å². The average molecular weight is 285 g/mol. The first-order valence-corrected chi connectivity index (χ1v) is 5.59. The number of ether oxygens (including phenoxy) is 1. The molecule has 16 heavy (non-hydrogen) atoms. The smallest absolute Gasteiger partial charge is 0.168 e. The Kier molecular flexibility index (Phi) is 5.14. The highest BCUT2D eigenvalue weighted by atomic mass is 79.9. The number of pyridine rings is 1. The molecule has 0 unspecified atom stereocenters. The van der Waals surface area contributed by atoms with Crippen LogP contribution in [0.4, 0.5) is 0 Å². The van der Waals surface area contributed by atoms with E-state index in [0.717, 1.165) is 23.0 Å². The largest absolute Gasteiger partial charge is 0.385 e. The van der Waals surface area contributed by atoms with Gasteiger partial charge >= 0.3 is 0 Å². The lowest BCUT2D eigenvalue weighted by Crippen LogP contribution is -1.88. The minimum atomic E-state index is 0.567. The highest BCUT2D eigenvalue weighted by Crippen LogP contribution is 2.12. The molecule has 0 saturated carbocycles. The van der Waals surface area contributed by atoms with Gasteiger partial charge in [0.2, 0.25) is 0 Å². The van der Waals surface area contributed by atoms with Gasteiger partial charge < -0.3 is 4.74 Å². The van der Waals surface area contributed by atoms with Gasteiger partial charge in [-0.25, -0.2) is 4.98 Å². The van der Waals surface area contributed by atoms with Crippen LogP contribution in [0.1, 0.15) is 17.4 Å². The van der Waals surface area contributed by atoms with Gasteiger partial charge in [0.1, 0.15) is 11.3 Å². The lowest BCUT2D eigenvalue weighted by Gasteiger charge is -1.94. The SMILES string of the molecule is CCOC.O=Cc1cnc2cc(Br)ccn12. The Hall–Kier alpha value is -1.20. The van der Waals surface area contributed by atoms with Crippen LogP contribution >= 0.6 is 15.9 Å². The molecule has 0 amide bonds. The number of aromatic nitrogens is 2. The fourth-order valence-electron chi connectivity index (χ4n) is 1.06. The molecular weight excluding hydrogens is 272 g/mol. The summed E-state index contributed by atoms with van der Waals surface area (Å²) in [5.74, 6) is 0. The van der Waals surface area contributed by atoms with E-state index in [1.807, 2.05) is 19.1 Å². The number of aldehydes is 1. The number of halogens is 1. The Morgan fingerprint density at radius 1 is 1.62 bits per heavy atom. The molecule has 0 aliphatic carbocycles. The van der Waals surface area contributed by atoms with Crippen LogP contribution in [0.5, 0.6) is 0 Å². The summed E-state index contributed by atoms with van der Waals surface area (Å²) in [7, 11) is 1.68. The van der Waals surface area contributed by atoms with E-state index < -0.39 is 0 Å². The maximum atomic E-state index is 10.5. The van der Waals surface area contributed by atoms with E-state index in [4.69, 9.17) is 0 Å². The van der Waals surface area contributed by atoms with Gasteiger partial charge in [0, 0.05) is 24.4 Å². The minimum absolute atomic E-state index is 0.567. The van der Waals surface area contributed by atoms with Gasteiger partial charge in [-0.3, -0.25) is 9.20 Å². The lowest BCUT2D eigenvalue weighted by atomic mass is 10.4. The topological polar surface area (TPSA) is 43.6 Å². The Balaban J connectivity index is 0.000000280. The average Bonchev–Trinajstić information content (AvgIpc) is 2.71. The van der Waals surface area contributed by atoms with Crippen LogP contribution in [0.2, 0.25) is 0 Å². The van der Waals surface area contributed by atoms with Crippen molar-refractivity contribution in [3.63, 3.8) is 0 Å². The molecule has 0 fully saturated rings. The molecule has 0 spiro atoms.